The number of fused-ring (bicyclic) bond motifs is 1. The molecule has 4 unspecified atom stereocenters. The van der Waals surface area contributed by atoms with E-state index >= 15 is 0 Å². The van der Waals surface area contributed by atoms with Crippen LogP contribution >= 0.6 is 0 Å². The Balaban J connectivity index is 0.000000365. The lowest BCUT2D eigenvalue weighted by Crippen LogP contribution is -2.46. The summed E-state index contributed by atoms with van der Waals surface area (Å²) in [5.41, 5.74) is 10.9. The maximum atomic E-state index is 10.1. The molecule has 4 rings (SSSR count). The lowest BCUT2D eigenvalue weighted by atomic mass is 9.92. The highest BCUT2D eigenvalue weighted by atomic mass is 16.4. The van der Waals surface area contributed by atoms with Crippen LogP contribution in [0, 0.1) is 18.8 Å². The minimum atomic E-state index is -1.67. The van der Waals surface area contributed by atoms with E-state index < -0.39 is 31.0 Å². The number of rotatable bonds is 22. The normalized spacial score (nSPS) is 13.8. The van der Waals surface area contributed by atoms with Crippen molar-refractivity contribution in [1.82, 2.24) is 0 Å². The van der Waals surface area contributed by atoms with Crippen molar-refractivity contribution >= 4 is 33.6 Å². The molecule has 9 nitrogen and oxygen atoms in total. The van der Waals surface area contributed by atoms with Crippen LogP contribution in [0.4, 0.5) is 11.4 Å². The number of aryl methyl sites for hydroxylation is 5. The van der Waals surface area contributed by atoms with E-state index in [-0.39, 0.29) is 17.9 Å². The molecule has 0 aromatic heterocycles. The van der Waals surface area contributed by atoms with E-state index in [1.54, 1.807) is 19.1 Å². The summed E-state index contributed by atoms with van der Waals surface area (Å²) in [5.74, 6) is 6.47. The predicted molar refractivity (Wildman–Crippen MR) is 257 cm³/mol. The second-order valence-corrected chi connectivity index (χ2v) is 16.2. The van der Waals surface area contributed by atoms with Crippen molar-refractivity contribution in [3.05, 3.63) is 94.0 Å². The molecule has 4 aromatic carbocycles. The highest BCUT2D eigenvalue weighted by molar-refractivity contribution is 6.49. The number of hydrogen-bond donors (Lipinski definition) is 7. The molecule has 4 atom stereocenters. The summed E-state index contributed by atoms with van der Waals surface area (Å²) in [6, 6.07) is 19.5. The van der Waals surface area contributed by atoms with E-state index in [4.69, 9.17) is 15.1 Å². The summed E-state index contributed by atoms with van der Waals surface area (Å²) >= 11 is 0. The number of aliphatic imine (C=N–C) groups is 2. The van der Waals surface area contributed by atoms with E-state index in [1.807, 2.05) is 0 Å². The number of phenolic OH excluding ortho intramolecular Hbond substituents is 2. The molecule has 0 heterocycles. The molecule has 0 aliphatic rings. The number of unbranched alkanes of at least 4 members (excludes halogenated alkanes) is 7. The topological polar surface area (TPSA) is 166 Å². The largest absolute Gasteiger partial charge is 0.504 e. The number of aliphatic hydroxyl groups excluding tert-OH is 5. The van der Waals surface area contributed by atoms with Gasteiger partial charge in [-0.1, -0.05) is 110 Å². The Morgan fingerprint density at radius 1 is 0.581 bits per heavy atom. The number of aromatic hydroxyl groups is 2. The summed E-state index contributed by atoms with van der Waals surface area (Å²) < 4.78 is 0. The zero-order chi connectivity index (χ0) is 45.6. The van der Waals surface area contributed by atoms with E-state index in [9.17, 15) is 30.6 Å². The van der Waals surface area contributed by atoms with Gasteiger partial charge in [-0.05, 0) is 138 Å². The number of nitrogens with zero attached hydrogens (tertiary/aromatic N) is 2. The SMILES string of the molecule is CCCCCCCCC#CC(=Nc1ccc(CC)c(CC)c1)C(CCCC)=Nc1ccc(CC)c(CC)c1.Cc1c(CC(O)C(O)C(O)C(O)CO)ccc2cc(O)c(O)cc12. The van der Waals surface area contributed by atoms with Crippen LogP contribution in [0.3, 0.4) is 0 Å². The van der Waals surface area contributed by atoms with Crippen LogP contribution in [0.5, 0.6) is 11.5 Å². The molecule has 62 heavy (non-hydrogen) atoms. The number of benzene rings is 4. The standard InChI is InChI=1S/C36H52N2.C17H22O7/c1-7-13-15-16-17-18-19-20-22-36(38-34-26-24-30(10-4)32(12-6)28-34)35(21-14-8-2)37-33-25-23-29(9-3)31(11-5)27-33;1-8-9(4-14(21)16(23)17(24)15(22)7-18)2-3-10-5-12(19)13(20)6-11(8)10/h23-28H,7-19,21H2,1-6H3;2-3,5-6,14-24H,4,7H2,1H3. The first-order chi connectivity index (χ1) is 29.8. The predicted octanol–water partition coefficient (Wildman–Crippen LogP) is 10.3. The van der Waals surface area contributed by atoms with Crippen molar-refractivity contribution in [2.75, 3.05) is 6.61 Å². The molecule has 0 aliphatic heterocycles. The molecule has 338 valence electrons. The first-order valence-corrected chi connectivity index (χ1v) is 23.0. The van der Waals surface area contributed by atoms with E-state index in [0.717, 1.165) is 86.1 Å². The van der Waals surface area contributed by atoms with Crippen LogP contribution in [0.1, 0.15) is 139 Å². The Labute approximate surface area is 371 Å². The smallest absolute Gasteiger partial charge is 0.158 e. The number of phenols is 2. The molecule has 0 aliphatic carbocycles. The second kappa shape index (κ2) is 27.5. The molecular weight excluding hydrogens is 777 g/mol. The molecule has 0 bridgehead atoms. The third-order valence-electron chi connectivity index (χ3n) is 11.6. The quantitative estimate of drug-likeness (QED) is 0.0179. The minimum Gasteiger partial charge on any atom is -0.504 e. The molecule has 0 amide bonds. The second-order valence-electron chi connectivity index (χ2n) is 16.2. The van der Waals surface area contributed by atoms with Crippen molar-refractivity contribution in [2.45, 2.75) is 169 Å². The van der Waals surface area contributed by atoms with Gasteiger partial charge in [0.1, 0.15) is 24.0 Å². The summed E-state index contributed by atoms with van der Waals surface area (Å²) in [4.78, 5) is 10.3. The summed E-state index contributed by atoms with van der Waals surface area (Å²) in [6.07, 6.45) is 9.68. The van der Waals surface area contributed by atoms with Crippen molar-refractivity contribution in [1.29, 1.82) is 0 Å². The molecule has 7 N–H and O–H groups in total. The molecule has 4 aromatic rings. The highest BCUT2D eigenvalue weighted by Crippen LogP contribution is 2.33. The third-order valence-corrected chi connectivity index (χ3v) is 11.6. The first kappa shape index (κ1) is 51.8. The fourth-order valence-corrected chi connectivity index (χ4v) is 7.55. The average molecular weight is 851 g/mol. The van der Waals surface area contributed by atoms with Crippen LogP contribution in [-0.4, -0.2) is 78.2 Å². The third kappa shape index (κ3) is 15.7. The van der Waals surface area contributed by atoms with Crippen LogP contribution in [0.15, 0.2) is 70.6 Å². The Bertz CT molecular complexity index is 2110. The maximum Gasteiger partial charge on any atom is 0.158 e. The number of hydrogen-bond acceptors (Lipinski definition) is 9. The van der Waals surface area contributed by atoms with Crippen LogP contribution in [-0.2, 0) is 32.1 Å². The van der Waals surface area contributed by atoms with Crippen LogP contribution in [0.2, 0.25) is 0 Å². The van der Waals surface area contributed by atoms with Gasteiger partial charge in [0.15, 0.2) is 11.5 Å². The van der Waals surface area contributed by atoms with Gasteiger partial charge in [0.05, 0.1) is 29.8 Å². The van der Waals surface area contributed by atoms with Gasteiger partial charge in [0.25, 0.3) is 0 Å². The Morgan fingerprint density at radius 2 is 1.11 bits per heavy atom. The van der Waals surface area contributed by atoms with Crippen LogP contribution < -0.4 is 0 Å². The molecule has 0 radical (unpaired) electrons. The van der Waals surface area contributed by atoms with E-state index in [2.05, 4.69) is 89.8 Å². The highest BCUT2D eigenvalue weighted by Gasteiger charge is 2.30. The van der Waals surface area contributed by atoms with E-state index in [1.165, 1.54) is 66.5 Å². The Kier molecular flexibility index (Phi) is 23.0. The average Bonchev–Trinajstić information content (AvgIpc) is 3.29. The summed E-state index contributed by atoms with van der Waals surface area (Å²) in [7, 11) is 0. The van der Waals surface area contributed by atoms with Gasteiger partial charge in [-0.3, -0.25) is 4.99 Å². The van der Waals surface area contributed by atoms with Gasteiger partial charge in [-0.15, -0.1) is 0 Å². The molecule has 0 spiro atoms. The van der Waals surface area contributed by atoms with Crippen molar-refractivity contribution < 1.29 is 35.7 Å². The fourth-order valence-electron chi connectivity index (χ4n) is 7.55. The Morgan fingerprint density at radius 3 is 1.69 bits per heavy atom. The van der Waals surface area contributed by atoms with Gasteiger partial charge < -0.3 is 35.7 Å². The maximum absolute atomic E-state index is 10.1. The van der Waals surface area contributed by atoms with Gasteiger partial charge in [-0.2, -0.15) is 0 Å². The van der Waals surface area contributed by atoms with E-state index in [0.29, 0.717) is 16.3 Å². The zero-order valence-electron chi connectivity index (χ0n) is 38.4. The first-order valence-electron chi connectivity index (χ1n) is 23.0. The molecule has 0 fully saturated rings. The minimum absolute atomic E-state index is 0.000211. The fraction of sp³-hybridized carbons (Fsp3) is 0.509. The van der Waals surface area contributed by atoms with Crippen molar-refractivity contribution in [3.63, 3.8) is 0 Å². The summed E-state index contributed by atoms with van der Waals surface area (Å²) in [5, 5.41) is 68.3. The molecular formula is C53H74N2O7. The van der Waals surface area contributed by atoms with Gasteiger partial charge >= 0.3 is 0 Å². The summed E-state index contributed by atoms with van der Waals surface area (Å²) in [6.45, 7) is 14.4. The lowest BCUT2D eigenvalue weighted by molar-refractivity contribution is -0.114. The zero-order valence-corrected chi connectivity index (χ0v) is 38.4. The molecule has 0 saturated carbocycles. The van der Waals surface area contributed by atoms with Crippen LogP contribution in [0.25, 0.3) is 10.8 Å². The van der Waals surface area contributed by atoms with Gasteiger partial charge in [0.2, 0.25) is 0 Å². The molecule has 9 heteroatoms. The Hall–Kier alpha value is -4.56. The monoisotopic (exact) mass is 851 g/mol. The van der Waals surface area contributed by atoms with Crippen molar-refractivity contribution in [2.24, 2.45) is 9.98 Å². The van der Waals surface area contributed by atoms with Crippen molar-refractivity contribution in [3.8, 4) is 23.3 Å². The lowest BCUT2D eigenvalue weighted by Gasteiger charge is -2.26. The van der Waals surface area contributed by atoms with Gasteiger partial charge in [0, 0.05) is 12.8 Å². The van der Waals surface area contributed by atoms with Gasteiger partial charge in [-0.25, -0.2) is 4.99 Å². The number of aliphatic hydroxyl groups is 5. The molecule has 0 saturated heterocycles.